The van der Waals surface area contributed by atoms with Gasteiger partial charge in [0.15, 0.2) is 6.20 Å². The van der Waals surface area contributed by atoms with Crippen LogP contribution in [0.4, 0.5) is 0 Å². The number of pyridine rings is 2. The van der Waals surface area contributed by atoms with Crippen molar-refractivity contribution in [2.45, 2.75) is 0 Å². The minimum absolute atomic E-state index is 0. The fourth-order valence-corrected chi connectivity index (χ4v) is 5.84. The zero-order valence-corrected chi connectivity index (χ0v) is 23.9. The minimum atomic E-state index is 0. The van der Waals surface area contributed by atoms with Gasteiger partial charge in [-0.1, -0.05) is 65.1 Å². The molecule has 4 aromatic carbocycles. The van der Waals surface area contributed by atoms with Crippen molar-refractivity contribution in [2.24, 2.45) is 7.05 Å². The second kappa shape index (κ2) is 9.58. The van der Waals surface area contributed by atoms with E-state index in [-0.39, 0.29) is 21.1 Å². The summed E-state index contributed by atoms with van der Waals surface area (Å²) in [5, 5.41) is 4.73. The average Bonchev–Trinajstić information content (AvgIpc) is 3.49. The first-order valence-electron chi connectivity index (χ1n) is 13.1. The number of aromatic nitrogens is 4. The van der Waals surface area contributed by atoms with E-state index in [1.807, 2.05) is 24.4 Å². The molecule has 0 saturated carbocycles. The Labute approximate surface area is 246 Å². The predicted octanol–water partition coefficient (Wildman–Crippen LogP) is 7.37. The first-order valence-corrected chi connectivity index (χ1v) is 13.1. The number of fused-ring (bicyclic) bond motifs is 6. The van der Waals surface area contributed by atoms with Crippen molar-refractivity contribution >= 4 is 43.6 Å². The third kappa shape index (κ3) is 3.64. The minimum Gasteiger partial charge on any atom is -0.352 e. The molecule has 8 rings (SSSR count). The maximum atomic E-state index is 4.71. The Balaban J connectivity index is 0.00000264. The molecule has 0 aliphatic carbocycles. The zero-order valence-electron chi connectivity index (χ0n) is 21.7. The van der Waals surface area contributed by atoms with E-state index in [9.17, 15) is 0 Å². The van der Waals surface area contributed by atoms with Gasteiger partial charge in [0.05, 0.1) is 0 Å². The maximum Gasteiger partial charge on any atom is 2.00 e. The van der Waals surface area contributed by atoms with Gasteiger partial charge in [0.2, 0.25) is 0 Å². The van der Waals surface area contributed by atoms with E-state index >= 15 is 0 Å². The van der Waals surface area contributed by atoms with Gasteiger partial charge in [-0.25, -0.2) is 9.55 Å². The summed E-state index contributed by atoms with van der Waals surface area (Å²) in [6, 6.07) is 45.6. The standard InChI is InChI=1S/C35H23N4.Pt/c1-37-20-9-7-15-30(37)24-11-10-12-25(21-24)38-31-16-4-2-13-26(31)28-22-29-27-14-3-5-17-32(27)39(34(29)23-33(28)38)35-18-6-8-19-36-35;/h2-20,22H,1H3;/q-1;+2. The van der Waals surface area contributed by atoms with Crippen molar-refractivity contribution in [1.29, 1.82) is 0 Å². The fraction of sp³-hybridized carbons (Fsp3) is 0.0286. The summed E-state index contributed by atoms with van der Waals surface area (Å²) in [7, 11) is 2.07. The number of hydrogen-bond acceptors (Lipinski definition) is 1. The molecule has 40 heavy (non-hydrogen) atoms. The molecule has 0 fully saturated rings. The Morgan fingerprint density at radius 2 is 1.30 bits per heavy atom. The molecule has 4 nitrogen and oxygen atoms in total. The summed E-state index contributed by atoms with van der Waals surface area (Å²) in [6.45, 7) is 0. The van der Waals surface area contributed by atoms with Crippen molar-refractivity contribution in [3.8, 4) is 22.8 Å². The molecule has 0 aliphatic rings. The molecule has 8 aromatic rings. The molecule has 0 amide bonds. The molecule has 0 unspecified atom stereocenters. The van der Waals surface area contributed by atoms with Gasteiger partial charge in [0.25, 0.3) is 0 Å². The van der Waals surface area contributed by atoms with Crippen molar-refractivity contribution in [1.82, 2.24) is 14.1 Å². The second-order valence-electron chi connectivity index (χ2n) is 9.83. The molecule has 0 N–H and O–H groups in total. The average molecular weight is 695 g/mol. The van der Waals surface area contributed by atoms with E-state index in [2.05, 4.69) is 130 Å². The molecule has 0 radical (unpaired) electrons. The summed E-state index contributed by atoms with van der Waals surface area (Å²) in [5.41, 5.74) is 7.43. The summed E-state index contributed by atoms with van der Waals surface area (Å²) in [5.74, 6) is 0.882. The van der Waals surface area contributed by atoms with Crippen LogP contribution in [0.2, 0.25) is 0 Å². The monoisotopic (exact) mass is 694 g/mol. The zero-order chi connectivity index (χ0) is 25.9. The van der Waals surface area contributed by atoms with E-state index in [0.717, 1.165) is 44.8 Å². The quantitative estimate of drug-likeness (QED) is 0.140. The van der Waals surface area contributed by atoms with Crippen molar-refractivity contribution in [2.75, 3.05) is 0 Å². The van der Waals surface area contributed by atoms with Gasteiger partial charge in [0.1, 0.15) is 18.6 Å². The predicted molar refractivity (Wildman–Crippen MR) is 157 cm³/mol. The summed E-state index contributed by atoms with van der Waals surface area (Å²) in [6.07, 6.45) is 3.91. The van der Waals surface area contributed by atoms with Crippen LogP contribution >= 0.6 is 0 Å². The van der Waals surface area contributed by atoms with Crippen LogP contribution in [0.3, 0.4) is 0 Å². The van der Waals surface area contributed by atoms with Crippen LogP contribution in [0.15, 0.2) is 122 Å². The third-order valence-electron chi connectivity index (χ3n) is 7.58. The van der Waals surface area contributed by atoms with E-state index < -0.39 is 0 Å². The Bertz CT molecular complexity index is 2190. The van der Waals surface area contributed by atoms with Crippen LogP contribution in [0.1, 0.15) is 0 Å². The number of nitrogens with zero attached hydrogens (tertiary/aromatic N) is 4. The van der Waals surface area contributed by atoms with Gasteiger partial charge >= 0.3 is 21.1 Å². The van der Waals surface area contributed by atoms with Gasteiger partial charge < -0.3 is 9.13 Å². The van der Waals surface area contributed by atoms with Gasteiger partial charge in [0, 0.05) is 23.3 Å². The van der Waals surface area contributed by atoms with Crippen LogP contribution in [0.5, 0.6) is 0 Å². The Morgan fingerprint density at radius 3 is 2.02 bits per heavy atom. The summed E-state index contributed by atoms with van der Waals surface area (Å²) < 4.78 is 6.63. The Kier molecular flexibility index (Phi) is 5.87. The number of para-hydroxylation sites is 2. The molecule has 192 valence electrons. The van der Waals surface area contributed by atoms with Crippen LogP contribution < -0.4 is 4.57 Å². The number of hydrogen-bond donors (Lipinski definition) is 0. The number of benzene rings is 4. The topological polar surface area (TPSA) is 26.6 Å². The van der Waals surface area contributed by atoms with Crippen LogP contribution in [0, 0.1) is 12.1 Å². The summed E-state index contributed by atoms with van der Waals surface area (Å²) >= 11 is 0. The number of aryl methyl sites for hydroxylation is 1. The molecule has 0 bridgehead atoms. The molecule has 0 atom stereocenters. The Hall–Kier alpha value is -4.53. The van der Waals surface area contributed by atoms with E-state index in [0.29, 0.717) is 0 Å². The smallest absolute Gasteiger partial charge is 0.352 e. The summed E-state index contributed by atoms with van der Waals surface area (Å²) in [4.78, 5) is 4.71. The first kappa shape index (κ1) is 24.5. The van der Waals surface area contributed by atoms with E-state index in [1.54, 1.807) is 0 Å². The van der Waals surface area contributed by atoms with Crippen LogP contribution in [-0.4, -0.2) is 14.1 Å². The normalized spacial score (nSPS) is 11.4. The van der Waals surface area contributed by atoms with Gasteiger partial charge in [-0.3, -0.25) is 0 Å². The van der Waals surface area contributed by atoms with Crippen molar-refractivity contribution < 1.29 is 25.6 Å². The van der Waals surface area contributed by atoms with Gasteiger partial charge in [-0.2, -0.15) is 6.07 Å². The maximum absolute atomic E-state index is 4.71. The molecule has 0 aliphatic heterocycles. The number of rotatable bonds is 3. The first-order chi connectivity index (χ1) is 19.3. The van der Waals surface area contributed by atoms with Crippen molar-refractivity contribution in [3.63, 3.8) is 0 Å². The third-order valence-corrected chi connectivity index (χ3v) is 7.58. The molecule has 0 spiro atoms. The molecule has 5 heteroatoms. The van der Waals surface area contributed by atoms with Crippen LogP contribution in [-0.2, 0) is 28.1 Å². The van der Waals surface area contributed by atoms with E-state index in [4.69, 9.17) is 4.98 Å². The molecular formula is C35H23N4Pt+. The largest absolute Gasteiger partial charge is 2.00 e. The van der Waals surface area contributed by atoms with Gasteiger partial charge in [-0.15, -0.1) is 41.1 Å². The van der Waals surface area contributed by atoms with Crippen molar-refractivity contribution in [3.05, 3.63) is 134 Å². The molecule has 0 saturated heterocycles. The van der Waals surface area contributed by atoms with Crippen LogP contribution in [0.25, 0.3) is 66.4 Å². The molecule has 4 heterocycles. The molecular weight excluding hydrogens is 671 g/mol. The Morgan fingerprint density at radius 1 is 0.625 bits per heavy atom. The molecule has 4 aromatic heterocycles. The SMILES string of the molecule is C[n+]1ccccc1-c1[c-]c(-n2c3[c-]c4c(cc3c3ccccc32)c2ccccc2n4-c2ccccn2)ccc1.[Pt+2]. The van der Waals surface area contributed by atoms with E-state index in [1.165, 1.54) is 21.5 Å². The fourth-order valence-electron chi connectivity index (χ4n) is 5.84. The second-order valence-corrected chi connectivity index (χ2v) is 9.83. The van der Waals surface area contributed by atoms with Gasteiger partial charge in [-0.05, 0) is 46.8 Å².